The average Bonchev–Trinajstić information content (AvgIpc) is 2.18. The van der Waals surface area contributed by atoms with Crippen LogP contribution in [0, 0.1) is 0 Å². The van der Waals surface area contributed by atoms with Crippen molar-refractivity contribution in [1.29, 1.82) is 0 Å². The number of ether oxygens (including phenoxy) is 1. The Labute approximate surface area is 76.9 Å². The number of hydrogen-bond acceptors (Lipinski definition) is 4. The number of hydrogen-bond donors (Lipinski definition) is 1. The van der Waals surface area contributed by atoms with Crippen molar-refractivity contribution in [2.75, 3.05) is 19.0 Å². The molecule has 0 aliphatic heterocycles. The Balaban J connectivity index is 2.97. The highest BCUT2D eigenvalue weighted by Crippen LogP contribution is 2.11. The Morgan fingerprint density at radius 3 is 3.08 bits per heavy atom. The van der Waals surface area contributed by atoms with Gasteiger partial charge in [-0.05, 0) is 19.1 Å². The molecule has 0 unspecified atom stereocenters. The highest BCUT2D eigenvalue weighted by molar-refractivity contribution is 5.94. The molecular weight excluding hydrogens is 168 g/mol. The standard InChI is InChI=1S/C9H12N2O2/c1-3-10-8-7(9(12)13-2)5-4-6-11-8/h4-6H,3H2,1-2H3,(H,10,11). The van der Waals surface area contributed by atoms with E-state index in [9.17, 15) is 4.79 Å². The molecule has 1 N–H and O–H groups in total. The van der Waals surface area contributed by atoms with Crippen LogP contribution >= 0.6 is 0 Å². The number of aromatic nitrogens is 1. The maximum Gasteiger partial charge on any atom is 0.341 e. The molecule has 0 spiro atoms. The second kappa shape index (κ2) is 4.45. The van der Waals surface area contributed by atoms with Crippen LogP contribution < -0.4 is 5.32 Å². The molecule has 0 aliphatic rings. The summed E-state index contributed by atoms with van der Waals surface area (Å²) in [4.78, 5) is 15.2. The second-order valence-corrected chi connectivity index (χ2v) is 2.42. The van der Waals surface area contributed by atoms with Crippen LogP contribution in [0.2, 0.25) is 0 Å². The van der Waals surface area contributed by atoms with E-state index in [4.69, 9.17) is 0 Å². The SMILES string of the molecule is CCNc1ncccc1C(=O)OC. The zero-order valence-electron chi connectivity index (χ0n) is 7.70. The summed E-state index contributed by atoms with van der Waals surface area (Å²) in [5.41, 5.74) is 0.465. The van der Waals surface area contributed by atoms with Crippen LogP contribution in [0.25, 0.3) is 0 Å². The van der Waals surface area contributed by atoms with E-state index in [-0.39, 0.29) is 5.97 Å². The molecule has 1 aromatic heterocycles. The normalized spacial score (nSPS) is 9.38. The van der Waals surface area contributed by atoms with Crippen molar-refractivity contribution >= 4 is 11.8 Å². The smallest absolute Gasteiger partial charge is 0.341 e. The Kier molecular flexibility index (Phi) is 3.25. The maximum atomic E-state index is 11.2. The summed E-state index contributed by atoms with van der Waals surface area (Å²) in [6, 6.07) is 3.38. The molecule has 0 fully saturated rings. The fourth-order valence-corrected chi connectivity index (χ4v) is 0.988. The van der Waals surface area contributed by atoms with Crippen molar-refractivity contribution in [3.8, 4) is 0 Å². The Morgan fingerprint density at radius 2 is 2.46 bits per heavy atom. The lowest BCUT2D eigenvalue weighted by molar-refractivity contribution is 0.0601. The molecule has 0 aliphatic carbocycles. The number of nitrogens with one attached hydrogen (secondary N) is 1. The van der Waals surface area contributed by atoms with E-state index < -0.39 is 0 Å². The first-order valence-corrected chi connectivity index (χ1v) is 4.06. The summed E-state index contributed by atoms with van der Waals surface area (Å²) in [6.45, 7) is 2.66. The minimum absolute atomic E-state index is 0.371. The number of nitrogens with zero attached hydrogens (tertiary/aromatic N) is 1. The summed E-state index contributed by atoms with van der Waals surface area (Å²) in [7, 11) is 1.35. The summed E-state index contributed by atoms with van der Waals surface area (Å²) in [5, 5.41) is 2.98. The van der Waals surface area contributed by atoms with Gasteiger partial charge in [0.25, 0.3) is 0 Å². The lowest BCUT2D eigenvalue weighted by Gasteiger charge is -2.06. The topological polar surface area (TPSA) is 51.2 Å². The number of pyridine rings is 1. The average molecular weight is 180 g/mol. The molecule has 4 heteroatoms. The van der Waals surface area contributed by atoms with Gasteiger partial charge in [0.1, 0.15) is 11.4 Å². The molecule has 0 saturated carbocycles. The molecule has 0 radical (unpaired) electrons. The van der Waals surface area contributed by atoms with Gasteiger partial charge in [0.15, 0.2) is 0 Å². The molecule has 0 bridgehead atoms. The molecular formula is C9H12N2O2. The molecule has 0 aromatic carbocycles. The molecule has 4 nitrogen and oxygen atoms in total. The van der Waals surface area contributed by atoms with Crippen LogP contribution in [-0.4, -0.2) is 24.6 Å². The Morgan fingerprint density at radius 1 is 1.69 bits per heavy atom. The van der Waals surface area contributed by atoms with Crippen LogP contribution in [0.4, 0.5) is 5.82 Å². The first-order chi connectivity index (χ1) is 6.29. The van der Waals surface area contributed by atoms with Gasteiger partial charge in [-0.25, -0.2) is 9.78 Å². The summed E-state index contributed by atoms with van der Waals surface area (Å²) >= 11 is 0. The van der Waals surface area contributed by atoms with Crippen molar-refractivity contribution in [2.24, 2.45) is 0 Å². The van der Waals surface area contributed by atoms with Gasteiger partial charge in [0, 0.05) is 12.7 Å². The first-order valence-electron chi connectivity index (χ1n) is 4.06. The minimum atomic E-state index is -0.371. The zero-order valence-corrected chi connectivity index (χ0v) is 7.70. The lowest BCUT2D eigenvalue weighted by Crippen LogP contribution is -2.09. The van der Waals surface area contributed by atoms with Crippen LogP contribution in [0.1, 0.15) is 17.3 Å². The van der Waals surface area contributed by atoms with Gasteiger partial charge in [-0.1, -0.05) is 0 Å². The van der Waals surface area contributed by atoms with E-state index in [1.807, 2.05) is 6.92 Å². The van der Waals surface area contributed by atoms with Crippen molar-refractivity contribution in [2.45, 2.75) is 6.92 Å². The molecule has 1 aromatic rings. The van der Waals surface area contributed by atoms with E-state index in [0.29, 0.717) is 11.4 Å². The Bertz CT molecular complexity index is 299. The number of carbonyl (C=O) groups excluding carboxylic acids is 1. The molecule has 1 heterocycles. The van der Waals surface area contributed by atoms with Gasteiger partial charge >= 0.3 is 5.97 Å². The predicted molar refractivity (Wildman–Crippen MR) is 49.7 cm³/mol. The first kappa shape index (κ1) is 9.51. The molecule has 1 rings (SSSR count). The van der Waals surface area contributed by atoms with Gasteiger partial charge in [0.05, 0.1) is 7.11 Å². The largest absolute Gasteiger partial charge is 0.465 e. The van der Waals surface area contributed by atoms with E-state index in [1.54, 1.807) is 18.3 Å². The monoisotopic (exact) mass is 180 g/mol. The third-order valence-corrected chi connectivity index (χ3v) is 1.56. The zero-order chi connectivity index (χ0) is 9.68. The highest BCUT2D eigenvalue weighted by Gasteiger charge is 2.10. The van der Waals surface area contributed by atoms with Gasteiger partial charge < -0.3 is 10.1 Å². The van der Waals surface area contributed by atoms with Crippen LogP contribution in [0.15, 0.2) is 18.3 Å². The number of rotatable bonds is 3. The lowest BCUT2D eigenvalue weighted by atomic mass is 10.2. The number of methoxy groups -OCH3 is 1. The molecule has 0 saturated heterocycles. The minimum Gasteiger partial charge on any atom is -0.465 e. The van der Waals surface area contributed by atoms with Crippen LogP contribution in [0.5, 0.6) is 0 Å². The summed E-state index contributed by atoms with van der Waals surface area (Å²) < 4.78 is 4.60. The van der Waals surface area contributed by atoms with Crippen molar-refractivity contribution in [3.05, 3.63) is 23.9 Å². The molecule has 13 heavy (non-hydrogen) atoms. The molecule has 0 amide bonds. The number of anilines is 1. The van der Waals surface area contributed by atoms with Crippen molar-refractivity contribution in [3.63, 3.8) is 0 Å². The van der Waals surface area contributed by atoms with Crippen molar-refractivity contribution in [1.82, 2.24) is 4.98 Å². The maximum absolute atomic E-state index is 11.2. The second-order valence-electron chi connectivity index (χ2n) is 2.42. The molecule has 0 atom stereocenters. The van der Waals surface area contributed by atoms with Gasteiger partial charge in [-0.2, -0.15) is 0 Å². The third kappa shape index (κ3) is 2.18. The van der Waals surface area contributed by atoms with Gasteiger partial charge in [0.2, 0.25) is 0 Å². The summed E-state index contributed by atoms with van der Waals surface area (Å²) in [5.74, 6) is 0.195. The van der Waals surface area contributed by atoms with Crippen LogP contribution in [0.3, 0.4) is 0 Å². The quantitative estimate of drug-likeness (QED) is 0.712. The number of esters is 1. The van der Waals surface area contributed by atoms with Gasteiger partial charge in [-0.3, -0.25) is 0 Å². The van der Waals surface area contributed by atoms with E-state index in [1.165, 1.54) is 7.11 Å². The van der Waals surface area contributed by atoms with E-state index >= 15 is 0 Å². The predicted octanol–water partition coefficient (Wildman–Crippen LogP) is 1.30. The third-order valence-electron chi connectivity index (χ3n) is 1.56. The van der Waals surface area contributed by atoms with E-state index in [0.717, 1.165) is 6.54 Å². The summed E-state index contributed by atoms with van der Waals surface area (Å²) in [6.07, 6.45) is 1.63. The Hall–Kier alpha value is -1.58. The van der Waals surface area contributed by atoms with E-state index in [2.05, 4.69) is 15.0 Å². The molecule has 70 valence electrons. The van der Waals surface area contributed by atoms with Crippen molar-refractivity contribution < 1.29 is 9.53 Å². The van der Waals surface area contributed by atoms with Crippen LogP contribution in [-0.2, 0) is 4.74 Å². The highest BCUT2D eigenvalue weighted by atomic mass is 16.5. The van der Waals surface area contributed by atoms with Gasteiger partial charge in [-0.15, -0.1) is 0 Å². The number of carbonyl (C=O) groups is 1. The fourth-order valence-electron chi connectivity index (χ4n) is 0.988. The fraction of sp³-hybridized carbons (Fsp3) is 0.333.